The minimum atomic E-state index is -1.59. The lowest BCUT2D eigenvalue weighted by atomic mass is 9.87. The second kappa shape index (κ2) is 8.75. The number of benzene rings is 3. The Morgan fingerprint density at radius 3 is 2.41 bits per heavy atom. The fraction of sp³-hybridized carbons (Fsp3) is 0.111. The Hall–Kier alpha value is -4.57. The Morgan fingerprint density at radius 2 is 1.68 bits per heavy atom. The summed E-state index contributed by atoms with van der Waals surface area (Å²) in [6.45, 7) is 0. The van der Waals surface area contributed by atoms with Crippen LogP contribution >= 0.6 is 0 Å². The first-order valence-corrected chi connectivity index (χ1v) is 10.8. The smallest absolute Gasteiger partial charge is 0.249 e. The number of aryl methyl sites for hydroxylation is 1. The van der Waals surface area contributed by atoms with Gasteiger partial charge >= 0.3 is 0 Å². The number of anilines is 1. The van der Waals surface area contributed by atoms with Gasteiger partial charge in [-0.15, -0.1) is 0 Å². The van der Waals surface area contributed by atoms with E-state index in [1.54, 1.807) is 4.68 Å². The molecule has 5 rings (SSSR count). The first-order chi connectivity index (χ1) is 16.6. The van der Waals surface area contributed by atoms with Crippen molar-refractivity contribution in [3.05, 3.63) is 102 Å². The molecule has 1 atom stereocenters. The summed E-state index contributed by atoms with van der Waals surface area (Å²) >= 11 is 0. The standard InChI is InChI=1S/C27H19FN4O2/c28-18-11-13-19(14-12-18)30-27(34)23(16-29)26(33)24-22-15-10-17-6-4-5-9-21(17)25(22)32(31-24)20-7-2-1-3-8-20/h1-9,11-14,23H,10,15H2,(H,30,34). The number of Topliss-reactive ketones (excluding diaryl/α,β-unsaturated/α-hetero) is 1. The first-order valence-electron chi connectivity index (χ1n) is 10.8. The molecule has 1 heterocycles. The molecule has 1 unspecified atom stereocenters. The SMILES string of the molecule is N#CC(C(=O)Nc1ccc(F)cc1)C(=O)c1nn(-c2ccccc2)c2c1CCc1ccccc1-2. The molecule has 4 aromatic rings. The lowest BCUT2D eigenvalue weighted by molar-refractivity contribution is -0.117. The summed E-state index contributed by atoms with van der Waals surface area (Å²) in [4.78, 5) is 26.3. The monoisotopic (exact) mass is 450 g/mol. The first kappa shape index (κ1) is 21.3. The Kier molecular flexibility index (Phi) is 5.48. The number of carbonyl (C=O) groups excluding carboxylic acids is 2. The van der Waals surface area contributed by atoms with Crippen molar-refractivity contribution in [2.24, 2.45) is 5.92 Å². The van der Waals surface area contributed by atoms with Gasteiger partial charge < -0.3 is 5.32 Å². The lowest BCUT2D eigenvalue weighted by Gasteiger charge is -2.18. The van der Waals surface area contributed by atoms with E-state index in [-0.39, 0.29) is 5.69 Å². The Labute approximate surface area is 195 Å². The number of hydrogen-bond donors (Lipinski definition) is 1. The van der Waals surface area contributed by atoms with Crippen molar-refractivity contribution < 1.29 is 14.0 Å². The maximum absolute atomic E-state index is 13.5. The van der Waals surface area contributed by atoms with Gasteiger partial charge in [-0.1, -0.05) is 42.5 Å². The zero-order chi connectivity index (χ0) is 23.7. The second-order valence-corrected chi connectivity index (χ2v) is 8.00. The van der Waals surface area contributed by atoms with Crippen LogP contribution in [0.3, 0.4) is 0 Å². The summed E-state index contributed by atoms with van der Waals surface area (Å²) < 4.78 is 14.9. The van der Waals surface area contributed by atoms with E-state index in [1.165, 1.54) is 24.3 Å². The molecule has 0 fully saturated rings. The maximum atomic E-state index is 13.5. The number of aromatic nitrogens is 2. The van der Waals surface area contributed by atoms with Crippen molar-refractivity contribution in [3.63, 3.8) is 0 Å². The van der Waals surface area contributed by atoms with Crippen molar-refractivity contribution in [2.45, 2.75) is 12.8 Å². The van der Waals surface area contributed by atoms with Gasteiger partial charge in [-0.05, 0) is 54.8 Å². The van der Waals surface area contributed by atoms with Crippen molar-refractivity contribution in [1.29, 1.82) is 5.26 Å². The summed E-state index contributed by atoms with van der Waals surface area (Å²) in [5.74, 6) is -3.49. The molecule has 0 spiro atoms. The average molecular weight is 450 g/mol. The highest BCUT2D eigenvalue weighted by Crippen LogP contribution is 2.37. The van der Waals surface area contributed by atoms with Gasteiger partial charge in [0.2, 0.25) is 11.7 Å². The molecule has 0 saturated carbocycles. The van der Waals surface area contributed by atoms with E-state index in [4.69, 9.17) is 0 Å². The predicted molar refractivity (Wildman–Crippen MR) is 125 cm³/mol. The summed E-state index contributed by atoms with van der Waals surface area (Å²) in [5, 5.41) is 16.8. The van der Waals surface area contributed by atoms with Crippen LogP contribution in [0.5, 0.6) is 0 Å². The minimum absolute atomic E-state index is 0.120. The lowest BCUT2D eigenvalue weighted by Crippen LogP contribution is -2.29. The Bertz CT molecular complexity index is 1440. The van der Waals surface area contributed by atoms with Crippen LogP contribution in [0.2, 0.25) is 0 Å². The fourth-order valence-electron chi connectivity index (χ4n) is 4.27. The fourth-order valence-corrected chi connectivity index (χ4v) is 4.27. The third-order valence-corrected chi connectivity index (χ3v) is 5.90. The third kappa shape index (κ3) is 3.76. The third-order valence-electron chi connectivity index (χ3n) is 5.90. The number of nitriles is 1. The Morgan fingerprint density at radius 1 is 0.971 bits per heavy atom. The normalized spacial score (nSPS) is 12.7. The van der Waals surface area contributed by atoms with Crippen LogP contribution in [0.25, 0.3) is 16.9 Å². The van der Waals surface area contributed by atoms with Crippen molar-refractivity contribution in [2.75, 3.05) is 5.32 Å². The number of para-hydroxylation sites is 1. The van der Waals surface area contributed by atoms with Crippen molar-refractivity contribution >= 4 is 17.4 Å². The van der Waals surface area contributed by atoms with Gasteiger partial charge in [-0.25, -0.2) is 9.07 Å². The van der Waals surface area contributed by atoms with Crippen molar-refractivity contribution in [1.82, 2.24) is 9.78 Å². The highest BCUT2D eigenvalue weighted by Gasteiger charge is 2.35. The van der Waals surface area contributed by atoms with Gasteiger partial charge in [0.05, 0.1) is 17.5 Å². The molecule has 1 aliphatic carbocycles. The van der Waals surface area contributed by atoms with Gasteiger partial charge in [0, 0.05) is 16.8 Å². The van der Waals surface area contributed by atoms with Crippen LogP contribution < -0.4 is 5.32 Å². The molecule has 1 aliphatic rings. The molecule has 1 aromatic heterocycles. The van der Waals surface area contributed by atoms with Crippen molar-refractivity contribution in [3.8, 4) is 23.0 Å². The van der Waals surface area contributed by atoms with Crippen LogP contribution in [-0.2, 0) is 17.6 Å². The quantitative estimate of drug-likeness (QED) is 0.351. The second-order valence-electron chi connectivity index (χ2n) is 8.00. The minimum Gasteiger partial charge on any atom is -0.325 e. The van der Waals surface area contributed by atoms with Gasteiger partial charge in [-0.3, -0.25) is 9.59 Å². The zero-order valence-electron chi connectivity index (χ0n) is 18.0. The number of nitrogens with one attached hydrogen (secondary N) is 1. The summed E-state index contributed by atoms with van der Waals surface area (Å²) in [7, 11) is 0. The van der Waals surface area contributed by atoms with Gasteiger partial charge in [0.25, 0.3) is 0 Å². The van der Waals surface area contributed by atoms with Crippen LogP contribution in [0, 0.1) is 23.1 Å². The summed E-state index contributed by atoms with van der Waals surface area (Å²) in [6, 6.07) is 24.3. The molecular weight excluding hydrogens is 431 g/mol. The molecule has 0 radical (unpaired) electrons. The van der Waals surface area contributed by atoms with Gasteiger partial charge in [-0.2, -0.15) is 10.4 Å². The molecule has 0 aliphatic heterocycles. The number of nitrogens with zero attached hydrogens (tertiary/aromatic N) is 3. The van der Waals surface area contributed by atoms with E-state index in [2.05, 4.69) is 16.5 Å². The Balaban J connectivity index is 1.57. The van der Waals surface area contributed by atoms with Crippen LogP contribution in [0.4, 0.5) is 10.1 Å². The van der Waals surface area contributed by atoms with E-state index in [9.17, 15) is 19.2 Å². The van der Waals surface area contributed by atoms with Crippen LogP contribution in [0.1, 0.15) is 21.6 Å². The van der Waals surface area contributed by atoms with E-state index >= 15 is 0 Å². The zero-order valence-corrected chi connectivity index (χ0v) is 18.0. The molecule has 3 aromatic carbocycles. The molecule has 7 heteroatoms. The summed E-state index contributed by atoms with van der Waals surface area (Å²) in [6.07, 6.45) is 1.29. The number of rotatable bonds is 5. The number of fused-ring (bicyclic) bond motifs is 3. The predicted octanol–water partition coefficient (Wildman–Crippen LogP) is 4.74. The highest BCUT2D eigenvalue weighted by atomic mass is 19.1. The molecule has 0 saturated heterocycles. The largest absolute Gasteiger partial charge is 0.325 e. The van der Waals surface area contributed by atoms with Crippen LogP contribution in [-0.4, -0.2) is 21.5 Å². The molecule has 6 nitrogen and oxygen atoms in total. The highest BCUT2D eigenvalue weighted by molar-refractivity contribution is 6.15. The number of hydrogen-bond acceptors (Lipinski definition) is 4. The topological polar surface area (TPSA) is 87.8 Å². The summed E-state index contributed by atoms with van der Waals surface area (Å²) in [5.41, 5.74) is 4.84. The van der Waals surface area contributed by atoms with Gasteiger partial charge in [0.15, 0.2) is 5.92 Å². The number of carbonyl (C=O) groups is 2. The number of amides is 1. The number of ketones is 1. The van der Waals surface area contributed by atoms with Crippen LogP contribution in [0.15, 0.2) is 78.9 Å². The van der Waals surface area contributed by atoms with E-state index in [0.717, 1.165) is 34.5 Å². The van der Waals surface area contributed by atoms with E-state index in [1.807, 2.05) is 54.6 Å². The van der Waals surface area contributed by atoms with Gasteiger partial charge in [0.1, 0.15) is 11.5 Å². The molecule has 0 bridgehead atoms. The molecule has 1 amide bonds. The average Bonchev–Trinajstić information content (AvgIpc) is 3.27. The molecule has 1 N–H and O–H groups in total. The molecular formula is C27H19FN4O2. The number of halogens is 1. The molecule has 34 heavy (non-hydrogen) atoms. The van der Waals surface area contributed by atoms with E-state index in [0.29, 0.717) is 12.1 Å². The molecule has 166 valence electrons. The maximum Gasteiger partial charge on any atom is 0.249 e. The van der Waals surface area contributed by atoms with E-state index < -0.39 is 23.4 Å².